The molecule has 0 heterocycles. The fourth-order valence-electron chi connectivity index (χ4n) is 2.99. The lowest BCUT2D eigenvalue weighted by molar-refractivity contribution is 0.322. The van der Waals surface area contributed by atoms with Gasteiger partial charge in [-0.1, -0.05) is 92.2 Å². The van der Waals surface area contributed by atoms with Crippen molar-refractivity contribution < 1.29 is 4.43 Å². The van der Waals surface area contributed by atoms with Gasteiger partial charge in [-0.05, 0) is 15.4 Å². The zero-order valence-corrected chi connectivity index (χ0v) is 16.2. The molecule has 0 aliphatic heterocycles. The van der Waals surface area contributed by atoms with E-state index in [1.807, 2.05) is 0 Å². The molecule has 0 fully saturated rings. The maximum absolute atomic E-state index is 6.68. The Labute approximate surface area is 144 Å². The van der Waals surface area contributed by atoms with Crippen LogP contribution in [0.15, 0.2) is 60.7 Å². The number of rotatable bonds is 6. The standard InChI is InChI=1S/C18H24OS2Si/c1-18(2,3)22(19-14-15-21-20,16-10-6-4-7-11-16)17-12-8-5-9-13-17/h4-13,20H,14-15H2,1-3H3. The molecule has 0 amide bonds. The number of hydrogen-bond donors (Lipinski definition) is 1. The highest BCUT2D eigenvalue weighted by Gasteiger charge is 2.49. The highest BCUT2D eigenvalue weighted by atomic mass is 33.1. The van der Waals surface area contributed by atoms with E-state index >= 15 is 0 Å². The first-order valence-electron chi connectivity index (χ1n) is 7.54. The molecule has 2 rings (SSSR count). The van der Waals surface area contributed by atoms with Crippen molar-refractivity contribution in [2.24, 2.45) is 0 Å². The molecular weight excluding hydrogens is 324 g/mol. The summed E-state index contributed by atoms with van der Waals surface area (Å²) in [7, 11) is -0.799. The van der Waals surface area contributed by atoms with Crippen LogP contribution in [0.5, 0.6) is 0 Å². The molecule has 0 N–H and O–H groups in total. The summed E-state index contributed by atoms with van der Waals surface area (Å²) < 4.78 is 6.68. The molecule has 0 spiro atoms. The molecule has 118 valence electrons. The van der Waals surface area contributed by atoms with Crippen LogP contribution in [-0.2, 0) is 4.43 Å². The molecule has 4 heteroatoms. The maximum atomic E-state index is 6.68. The summed E-state index contributed by atoms with van der Waals surface area (Å²) in [4.78, 5) is 0. The summed E-state index contributed by atoms with van der Waals surface area (Å²) in [6.07, 6.45) is 0. The first-order valence-corrected chi connectivity index (χ1v) is 11.5. The van der Waals surface area contributed by atoms with Crippen LogP contribution in [0.4, 0.5) is 0 Å². The summed E-state index contributed by atoms with van der Waals surface area (Å²) in [5.74, 6) is 0.896. The van der Waals surface area contributed by atoms with Crippen molar-refractivity contribution in [2.75, 3.05) is 12.4 Å². The SMILES string of the molecule is CC(C)(C)[Si](OCCSS)(c1ccccc1)c1ccccc1. The molecule has 0 saturated heterocycles. The lowest BCUT2D eigenvalue weighted by Gasteiger charge is -2.43. The fraction of sp³-hybridized carbons (Fsp3) is 0.333. The van der Waals surface area contributed by atoms with Gasteiger partial charge in [-0.25, -0.2) is 0 Å². The lowest BCUT2D eigenvalue weighted by atomic mass is 10.2. The smallest absolute Gasteiger partial charge is 0.261 e. The molecule has 0 bridgehead atoms. The van der Waals surface area contributed by atoms with E-state index in [9.17, 15) is 0 Å². The largest absolute Gasteiger partial charge is 0.407 e. The monoisotopic (exact) mass is 348 g/mol. The third-order valence-electron chi connectivity index (χ3n) is 3.91. The van der Waals surface area contributed by atoms with Crippen molar-refractivity contribution in [1.29, 1.82) is 0 Å². The Hall–Kier alpha value is -0.683. The minimum Gasteiger partial charge on any atom is -0.407 e. The average Bonchev–Trinajstić information content (AvgIpc) is 2.52. The van der Waals surface area contributed by atoms with Gasteiger partial charge in [-0.3, -0.25) is 0 Å². The zero-order chi connectivity index (χ0) is 16.1. The van der Waals surface area contributed by atoms with Crippen LogP contribution in [0.3, 0.4) is 0 Å². The Morgan fingerprint density at radius 2 is 1.36 bits per heavy atom. The van der Waals surface area contributed by atoms with Gasteiger partial charge in [-0.2, -0.15) is 0 Å². The molecule has 1 nitrogen and oxygen atoms in total. The molecule has 0 aliphatic carbocycles. The zero-order valence-electron chi connectivity index (χ0n) is 13.5. The second-order valence-corrected chi connectivity index (χ2v) is 12.1. The second kappa shape index (κ2) is 7.73. The van der Waals surface area contributed by atoms with Crippen LogP contribution in [0, 0.1) is 0 Å². The second-order valence-electron chi connectivity index (χ2n) is 6.34. The van der Waals surface area contributed by atoms with Gasteiger partial charge in [0.05, 0.1) is 0 Å². The van der Waals surface area contributed by atoms with E-state index in [1.165, 1.54) is 21.2 Å². The van der Waals surface area contributed by atoms with Gasteiger partial charge in [-0.15, -0.1) is 11.7 Å². The molecule has 0 aliphatic rings. The fourth-order valence-corrected chi connectivity index (χ4v) is 8.09. The third kappa shape index (κ3) is 3.62. The summed E-state index contributed by atoms with van der Waals surface area (Å²) in [6, 6.07) is 21.5. The molecule has 2 aromatic rings. The van der Waals surface area contributed by atoms with Crippen LogP contribution < -0.4 is 10.4 Å². The molecule has 0 atom stereocenters. The Kier molecular flexibility index (Phi) is 6.21. The van der Waals surface area contributed by atoms with Gasteiger partial charge >= 0.3 is 0 Å². The minimum atomic E-state index is -2.33. The van der Waals surface area contributed by atoms with Crippen molar-refractivity contribution >= 4 is 41.1 Å². The average molecular weight is 349 g/mol. The Balaban J connectivity index is 2.59. The predicted molar refractivity (Wildman–Crippen MR) is 105 cm³/mol. The van der Waals surface area contributed by atoms with Crippen molar-refractivity contribution in [1.82, 2.24) is 0 Å². The Morgan fingerprint density at radius 1 is 0.909 bits per heavy atom. The van der Waals surface area contributed by atoms with Crippen molar-refractivity contribution in [3.05, 3.63) is 60.7 Å². The van der Waals surface area contributed by atoms with Crippen LogP contribution in [0.25, 0.3) is 0 Å². The third-order valence-corrected chi connectivity index (χ3v) is 9.85. The van der Waals surface area contributed by atoms with Crippen molar-refractivity contribution in [3.63, 3.8) is 0 Å². The van der Waals surface area contributed by atoms with E-state index in [0.717, 1.165) is 12.4 Å². The highest BCUT2D eigenvalue weighted by molar-refractivity contribution is 8.68. The van der Waals surface area contributed by atoms with Gasteiger partial charge in [0.15, 0.2) is 0 Å². The van der Waals surface area contributed by atoms with E-state index < -0.39 is 8.32 Å². The Bertz CT molecular complexity index is 527. The highest BCUT2D eigenvalue weighted by Crippen LogP contribution is 2.36. The molecule has 2 aromatic carbocycles. The van der Waals surface area contributed by atoms with Gasteiger partial charge < -0.3 is 4.43 Å². The minimum absolute atomic E-state index is 0.0526. The molecular formula is C18H24OS2Si. The van der Waals surface area contributed by atoms with Crippen LogP contribution >= 0.6 is 22.5 Å². The Morgan fingerprint density at radius 3 is 1.73 bits per heavy atom. The van der Waals surface area contributed by atoms with Crippen LogP contribution in [-0.4, -0.2) is 20.7 Å². The van der Waals surface area contributed by atoms with E-state index in [-0.39, 0.29) is 5.04 Å². The normalized spacial score (nSPS) is 12.4. The quantitative estimate of drug-likeness (QED) is 0.364. The van der Waals surface area contributed by atoms with Crippen LogP contribution in [0.2, 0.25) is 5.04 Å². The molecule has 22 heavy (non-hydrogen) atoms. The number of benzene rings is 2. The van der Waals surface area contributed by atoms with Gasteiger partial charge in [0.1, 0.15) is 0 Å². The van der Waals surface area contributed by atoms with E-state index in [0.29, 0.717) is 0 Å². The molecule has 0 aromatic heterocycles. The van der Waals surface area contributed by atoms with E-state index in [1.54, 1.807) is 0 Å². The summed E-state index contributed by atoms with van der Waals surface area (Å²) >= 11 is 4.25. The van der Waals surface area contributed by atoms with E-state index in [2.05, 4.69) is 93.1 Å². The van der Waals surface area contributed by atoms with Gasteiger partial charge in [0.25, 0.3) is 8.32 Å². The predicted octanol–water partition coefficient (Wildman–Crippen LogP) is 4.14. The summed E-state index contributed by atoms with van der Waals surface area (Å²) in [5, 5.41) is 2.72. The number of thiol groups is 1. The summed E-state index contributed by atoms with van der Waals surface area (Å²) in [5.41, 5.74) is 0. The van der Waals surface area contributed by atoms with E-state index in [4.69, 9.17) is 4.43 Å². The molecule has 0 radical (unpaired) electrons. The molecule has 0 unspecified atom stereocenters. The van der Waals surface area contributed by atoms with Gasteiger partial charge in [0.2, 0.25) is 0 Å². The summed E-state index contributed by atoms with van der Waals surface area (Å²) in [6.45, 7) is 7.62. The maximum Gasteiger partial charge on any atom is 0.261 e. The van der Waals surface area contributed by atoms with Gasteiger partial charge in [0, 0.05) is 12.4 Å². The van der Waals surface area contributed by atoms with Crippen LogP contribution in [0.1, 0.15) is 20.8 Å². The lowest BCUT2D eigenvalue weighted by Crippen LogP contribution is -2.66. The van der Waals surface area contributed by atoms with Crippen molar-refractivity contribution in [3.8, 4) is 0 Å². The molecule has 0 saturated carbocycles. The van der Waals surface area contributed by atoms with Crippen molar-refractivity contribution in [2.45, 2.75) is 25.8 Å². The topological polar surface area (TPSA) is 9.23 Å². The first kappa shape index (κ1) is 17.7. The first-order chi connectivity index (χ1) is 10.5. The number of hydrogen-bond acceptors (Lipinski definition) is 3.